The van der Waals surface area contributed by atoms with E-state index in [1.54, 1.807) is 18.9 Å². The molecule has 1 saturated carbocycles. The van der Waals surface area contributed by atoms with Gasteiger partial charge in [0.1, 0.15) is 0 Å². The zero-order valence-corrected chi connectivity index (χ0v) is 14.3. The minimum atomic E-state index is -3.07. The molecule has 6 nitrogen and oxygen atoms in total. The summed E-state index contributed by atoms with van der Waals surface area (Å²) in [5, 5.41) is 0. The van der Waals surface area contributed by atoms with Gasteiger partial charge in [0, 0.05) is 25.7 Å². The van der Waals surface area contributed by atoms with E-state index in [0.29, 0.717) is 13.0 Å². The van der Waals surface area contributed by atoms with Crippen LogP contribution in [0.1, 0.15) is 45.4 Å². The van der Waals surface area contributed by atoms with Crippen LogP contribution in [0.3, 0.4) is 0 Å². The van der Waals surface area contributed by atoms with Crippen molar-refractivity contribution in [2.45, 2.75) is 57.5 Å². The van der Waals surface area contributed by atoms with Crippen molar-refractivity contribution in [3.8, 4) is 0 Å². The lowest BCUT2D eigenvalue weighted by Gasteiger charge is -2.33. The maximum absolute atomic E-state index is 12.5. The molecule has 1 heterocycles. The van der Waals surface area contributed by atoms with Crippen LogP contribution in [0.4, 0.5) is 0 Å². The molecular weight excluding hydrogens is 304 g/mol. The molecule has 0 bridgehead atoms. The summed E-state index contributed by atoms with van der Waals surface area (Å²) < 4.78 is 23.2. The molecular formula is C15H26N2O4S. The van der Waals surface area contributed by atoms with Gasteiger partial charge >= 0.3 is 11.8 Å². The van der Waals surface area contributed by atoms with E-state index in [4.69, 9.17) is 0 Å². The molecule has 126 valence electrons. The molecule has 22 heavy (non-hydrogen) atoms. The number of likely N-dealkylation sites (N-methyl/N-ethyl adjacent to an activating group) is 2. The van der Waals surface area contributed by atoms with Gasteiger partial charge in [0.15, 0.2) is 9.84 Å². The van der Waals surface area contributed by atoms with Crippen molar-refractivity contribution in [2.75, 3.05) is 25.1 Å². The predicted molar refractivity (Wildman–Crippen MR) is 84.1 cm³/mol. The first-order chi connectivity index (χ1) is 10.4. The molecule has 7 heteroatoms. The van der Waals surface area contributed by atoms with Crippen molar-refractivity contribution < 1.29 is 18.0 Å². The lowest BCUT2D eigenvalue weighted by atomic mass is 9.94. The molecule has 1 aliphatic heterocycles. The Hall–Kier alpha value is -1.11. The van der Waals surface area contributed by atoms with Gasteiger partial charge in [-0.3, -0.25) is 9.59 Å². The quantitative estimate of drug-likeness (QED) is 0.718. The van der Waals surface area contributed by atoms with Crippen LogP contribution in [0.2, 0.25) is 0 Å². The number of sulfone groups is 1. The van der Waals surface area contributed by atoms with Crippen LogP contribution < -0.4 is 0 Å². The zero-order valence-electron chi connectivity index (χ0n) is 13.5. The van der Waals surface area contributed by atoms with Crippen LogP contribution in [0.15, 0.2) is 0 Å². The molecule has 2 fully saturated rings. The van der Waals surface area contributed by atoms with E-state index in [1.165, 1.54) is 11.3 Å². The second-order valence-corrected chi connectivity index (χ2v) is 8.58. The molecule has 1 unspecified atom stereocenters. The number of amides is 2. The van der Waals surface area contributed by atoms with E-state index in [0.717, 1.165) is 25.7 Å². The zero-order chi connectivity index (χ0) is 16.3. The number of hydrogen-bond acceptors (Lipinski definition) is 4. The van der Waals surface area contributed by atoms with Crippen LogP contribution in [0, 0.1) is 0 Å². The van der Waals surface area contributed by atoms with Crippen molar-refractivity contribution in [3.63, 3.8) is 0 Å². The minimum absolute atomic E-state index is 0.0208. The Labute approximate surface area is 132 Å². The molecule has 0 aromatic carbocycles. The van der Waals surface area contributed by atoms with Gasteiger partial charge in [0.25, 0.3) is 0 Å². The monoisotopic (exact) mass is 330 g/mol. The maximum atomic E-state index is 12.5. The lowest BCUT2D eigenvalue weighted by molar-refractivity contribution is -0.153. The molecule has 0 radical (unpaired) electrons. The number of hydrogen-bond donors (Lipinski definition) is 0. The average molecular weight is 330 g/mol. The normalized spacial score (nSPS) is 24.9. The fraction of sp³-hybridized carbons (Fsp3) is 0.867. The third kappa shape index (κ3) is 3.80. The highest BCUT2D eigenvalue weighted by Gasteiger charge is 2.37. The van der Waals surface area contributed by atoms with E-state index in [2.05, 4.69) is 0 Å². The van der Waals surface area contributed by atoms with E-state index < -0.39 is 21.7 Å². The Bertz CT molecular complexity index is 526. The van der Waals surface area contributed by atoms with E-state index in [9.17, 15) is 18.0 Å². The summed E-state index contributed by atoms with van der Waals surface area (Å²) in [7, 11) is -1.38. The summed E-state index contributed by atoms with van der Waals surface area (Å²) in [6.45, 7) is 2.15. The van der Waals surface area contributed by atoms with Gasteiger partial charge in [-0.25, -0.2) is 8.42 Å². The molecule has 2 rings (SSSR count). The Morgan fingerprint density at radius 1 is 1.00 bits per heavy atom. The minimum Gasteiger partial charge on any atom is -0.335 e. The molecule has 0 aromatic heterocycles. The van der Waals surface area contributed by atoms with Crippen LogP contribution >= 0.6 is 0 Å². The number of nitrogens with zero attached hydrogens (tertiary/aromatic N) is 2. The van der Waals surface area contributed by atoms with Crippen LogP contribution in [0.5, 0.6) is 0 Å². The molecule has 1 atom stereocenters. The Kier molecular flexibility index (Phi) is 5.47. The summed E-state index contributed by atoms with van der Waals surface area (Å²) >= 11 is 0. The summed E-state index contributed by atoms with van der Waals surface area (Å²) in [4.78, 5) is 27.9. The molecule has 1 saturated heterocycles. The smallest absolute Gasteiger partial charge is 0.312 e. The summed E-state index contributed by atoms with van der Waals surface area (Å²) in [6.07, 6.45) is 5.69. The molecule has 2 amide bonds. The molecule has 2 aliphatic rings. The topological polar surface area (TPSA) is 74.8 Å². The van der Waals surface area contributed by atoms with Crippen molar-refractivity contribution >= 4 is 21.7 Å². The van der Waals surface area contributed by atoms with Gasteiger partial charge in [0.05, 0.1) is 11.5 Å². The highest BCUT2D eigenvalue weighted by atomic mass is 32.2. The predicted octanol–water partition coefficient (Wildman–Crippen LogP) is 0.813. The fourth-order valence-corrected chi connectivity index (χ4v) is 5.23. The lowest BCUT2D eigenvalue weighted by Crippen LogP contribution is -2.51. The number of carbonyl (C=O) groups is 2. The summed E-state index contributed by atoms with van der Waals surface area (Å²) in [5.74, 6) is -0.975. The third-order valence-corrected chi connectivity index (χ3v) is 6.63. The van der Waals surface area contributed by atoms with Gasteiger partial charge in [-0.15, -0.1) is 0 Å². The SMILES string of the molecule is CCN(C(=O)C(=O)N(C)C1CCCCC1)C1CCS(=O)(=O)C1. The molecule has 0 N–H and O–H groups in total. The first kappa shape index (κ1) is 17.2. The largest absolute Gasteiger partial charge is 0.335 e. The Morgan fingerprint density at radius 2 is 1.64 bits per heavy atom. The van der Waals surface area contributed by atoms with Crippen molar-refractivity contribution in [1.29, 1.82) is 0 Å². The Morgan fingerprint density at radius 3 is 2.14 bits per heavy atom. The van der Waals surface area contributed by atoms with E-state index >= 15 is 0 Å². The number of rotatable bonds is 3. The average Bonchev–Trinajstić information content (AvgIpc) is 2.87. The van der Waals surface area contributed by atoms with Crippen LogP contribution in [-0.4, -0.2) is 67.2 Å². The summed E-state index contributed by atoms with van der Waals surface area (Å²) in [6, 6.07) is -0.220. The highest BCUT2D eigenvalue weighted by molar-refractivity contribution is 7.91. The maximum Gasteiger partial charge on any atom is 0.312 e. The van der Waals surface area contributed by atoms with Crippen LogP contribution in [0.25, 0.3) is 0 Å². The van der Waals surface area contributed by atoms with E-state index in [-0.39, 0.29) is 23.6 Å². The number of carbonyl (C=O) groups excluding carboxylic acids is 2. The van der Waals surface area contributed by atoms with Crippen molar-refractivity contribution in [3.05, 3.63) is 0 Å². The molecule has 0 spiro atoms. The van der Waals surface area contributed by atoms with Gasteiger partial charge < -0.3 is 9.80 Å². The molecule has 1 aliphatic carbocycles. The second-order valence-electron chi connectivity index (χ2n) is 6.36. The second kappa shape index (κ2) is 6.98. The Balaban J connectivity index is 2.02. The first-order valence-corrected chi connectivity index (χ1v) is 9.96. The van der Waals surface area contributed by atoms with E-state index in [1.807, 2.05) is 0 Å². The first-order valence-electron chi connectivity index (χ1n) is 8.14. The third-order valence-electron chi connectivity index (χ3n) is 4.88. The standard InChI is InChI=1S/C15H26N2O4S/c1-3-17(13-9-10-22(20,21)11-13)15(19)14(18)16(2)12-7-5-4-6-8-12/h12-13H,3-11H2,1-2H3. The fourth-order valence-electron chi connectivity index (χ4n) is 3.50. The van der Waals surface area contributed by atoms with Crippen molar-refractivity contribution in [2.24, 2.45) is 0 Å². The highest BCUT2D eigenvalue weighted by Crippen LogP contribution is 2.23. The molecule has 0 aromatic rings. The van der Waals surface area contributed by atoms with Gasteiger partial charge in [0.2, 0.25) is 0 Å². The van der Waals surface area contributed by atoms with Crippen LogP contribution in [-0.2, 0) is 19.4 Å². The van der Waals surface area contributed by atoms with Gasteiger partial charge in [-0.2, -0.15) is 0 Å². The van der Waals surface area contributed by atoms with Gasteiger partial charge in [-0.1, -0.05) is 19.3 Å². The van der Waals surface area contributed by atoms with Crippen molar-refractivity contribution in [1.82, 2.24) is 9.80 Å². The summed E-state index contributed by atoms with van der Waals surface area (Å²) in [5.41, 5.74) is 0. The van der Waals surface area contributed by atoms with Gasteiger partial charge in [-0.05, 0) is 26.2 Å².